The zero-order chi connectivity index (χ0) is 17.6. The molecular formula is C21H35NO. The van der Waals surface area contributed by atoms with Crippen LogP contribution in [0, 0.1) is 11.8 Å². The van der Waals surface area contributed by atoms with Crippen LogP contribution in [0.5, 0.6) is 0 Å². The van der Waals surface area contributed by atoms with E-state index in [0.29, 0.717) is 24.2 Å². The Morgan fingerprint density at radius 1 is 1.17 bits per heavy atom. The van der Waals surface area contributed by atoms with Crippen molar-refractivity contribution in [2.75, 3.05) is 13.6 Å². The fraction of sp³-hybridized carbons (Fsp3) is 0.667. The monoisotopic (exact) mass is 317 g/mol. The van der Waals surface area contributed by atoms with E-state index in [1.807, 2.05) is 14.0 Å². The van der Waals surface area contributed by atoms with Gasteiger partial charge in [-0.1, -0.05) is 65.8 Å². The Labute approximate surface area is 143 Å². The van der Waals surface area contributed by atoms with E-state index in [2.05, 4.69) is 64.2 Å². The van der Waals surface area contributed by atoms with Crippen LogP contribution in [0.15, 0.2) is 24.3 Å². The molecule has 2 atom stereocenters. The topological polar surface area (TPSA) is 29.1 Å². The van der Waals surface area contributed by atoms with Gasteiger partial charge in [-0.2, -0.15) is 0 Å². The number of nitrogens with one attached hydrogen (secondary N) is 1. The van der Waals surface area contributed by atoms with Gasteiger partial charge in [0.2, 0.25) is 0 Å². The van der Waals surface area contributed by atoms with Crippen molar-refractivity contribution in [3.05, 3.63) is 35.4 Å². The maximum absolute atomic E-state index is 12.1. The average molecular weight is 318 g/mol. The highest BCUT2D eigenvalue weighted by Gasteiger charge is 2.26. The Hall–Kier alpha value is -1.15. The molecule has 2 heteroatoms. The second kappa shape index (κ2) is 8.63. The van der Waals surface area contributed by atoms with E-state index in [4.69, 9.17) is 0 Å². The third-order valence-electron chi connectivity index (χ3n) is 4.78. The molecule has 2 unspecified atom stereocenters. The van der Waals surface area contributed by atoms with E-state index in [-0.39, 0.29) is 11.3 Å². The number of ketones is 1. The predicted octanol–water partition coefficient (Wildman–Crippen LogP) is 4.93. The van der Waals surface area contributed by atoms with E-state index < -0.39 is 0 Å². The number of benzene rings is 1. The first-order valence-corrected chi connectivity index (χ1v) is 8.95. The molecule has 0 radical (unpaired) electrons. The molecule has 0 aliphatic heterocycles. The quantitative estimate of drug-likeness (QED) is 0.700. The molecule has 0 saturated carbocycles. The van der Waals surface area contributed by atoms with Crippen molar-refractivity contribution in [2.24, 2.45) is 11.8 Å². The molecule has 0 fully saturated rings. The van der Waals surface area contributed by atoms with Gasteiger partial charge < -0.3 is 5.32 Å². The Kier molecular flexibility index (Phi) is 7.47. The summed E-state index contributed by atoms with van der Waals surface area (Å²) in [7, 11) is 1.83. The van der Waals surface area contributed by atoms with Gasteiger partial charge in [0.15, 0.2) is 0 Å². The molecule has 1 rings (SSSR count). The minimum Gasteiger partial charge on any atom is -0.313 e. The number of hydrogen-bond acceptors (Lipinski definition) is 2. The van der Waals surface area contributed by atoms with Gasteiger partial charge in [-0.25, -0.2) is 0 Å². The fourth-order valence-corrected chi connectivity index (χ4v) is 3.45. The molecule has 0 saturated heterocycles. The van der Waals surface area contributed by atoms with Crippen LogP contribution in [-0.2, 0) is 10.2 Å². The van der Waals surface area contributed by atoms with E-state index in [0.717, 1.165) is 6.42 Å². The van der Waals surface area contributed by atoms with Gasteiger partial charge in [0.05, 0.1) is 6.54 Å². The highest BCUT2D eigenvalue weighted by Crippen LogP contribution is 2.33. The van der Waals surface area contributed by atoms with Crippen molar-refractivity contribution < 1.29 is 4.79 Å². The van der Waals surface area contributed by atoms with Crippen molar-refractivity contribution in [2.45, 2.75) is 65.7 Å². The van der Waals surface area contributed by atoms with Gasteiger partial charge in [-0.3, -0.25) is 4.79 Å². The zero-order valence-electron chi connectivity index (χ0n) is 16.1. The molecule has 23 heavy (non-hydrogen) atoms. The predicted molar refractivity (Wildman–Crippen MR) is 100 cm³/mol. The molecule has 0 heterocycles. The lowest BCUT2D eigenvalue weighted by molar-refractivity contribution is -0.122. The van der Waals surface area contributed by atoms with Gasteiger partial charge in [-0.05, 0) is 48.3 Å². The van der Waals surface area contributed by atoms with E-state index in [9.17, 15) is 4.79 Å². The average Bonchev–Trinajstić information content (AvgIpc) is 2.46. The smallest absolute Gasteiger partial charge is 0.149 e. The number of rotatable bonds is 9. The molecule has 1 aromatic rings. The largest absolute Gasteiger partial charge is 0.313 e. The third kappa shape index (κ3) is 6.10. The molecule has 0 spiro atoms. The second-order valence-corrected chi connectivity index (χ2v) is 8.14. The van der Waals surface area contributed by atoms with Crippen LogP contribution < -0.4 is 5.32 Å². The zero-order valence-corrected chi connectivity index (χ0v) is 16.1. The van der Waals surface area contributed by atoms with Crippen LogP contribution in [-0.4, -0.2) is 19.4 Å². The molecule has 0 aromatic heterocycles. The molecule has 0 aliphatic rings. The molecule has 1 N–H and O–H groups in total. The summed E-state index contributed by atoms with van der Waals surface area (Å²) in [6.07, 6.45) is 2.09. The molecule has 2 nitrogen and oxygen atoms in total. The van der Waals surface area contributed by atoms with Crippen LogP contribution >= 0.6 is 0 Å². The lowest BCUT2D eigenvalue weighted by atomic mass is 9.75. The SMILES string of the molecule is CNCC(=O)C(C)CC(C)(C)c1cccc(C(C)CC(C)C)c1. The summed E-state index contributed by atoms with van der Waals surface area (Å²) in [5.41, 5.74) is 2.77. The van der Waals surface area contributed by atoms with Gasteiger partial charge >= 0.3 is 0 Å². The summed E-state index contributed by atoms with van der Waals surface area (Å²) in [5.74, 6) is 1.66. The van der Waals surface area contributed by atoms with Crippen LogP contribution in [0.2, 0.25) is 0 Å². The highest BCUT2D eigenvalue weighted by molar-refractivity contribution is 5.82. The first-order valence-electron chi connectivity index (χ1n) is 8.95. The lowest BCUT2D eigenvalue weighted by Crippen LogP contribution is -2.29. The second-order valence-electron chi connectivity index (χ2n) is 8.14. The number of Topliss-reactive ketones (excluding diaryl/α,β-unsaturated/α-hetero) is 1. The molecule has 130 valence electrons. The Morgan fingerprint density at radius 3 is 2.39 bits per heavy atom. The van der Waals surface area contributed by atoms with Crippen molar-refractivity contribution in [1.29, 1.82) is 0 Å². The Morgan fingerprint density at radius 2 is 1.83 bits per heavy atom. The molecule has 0 amide bonds. The third-order valence-corrected chi connectivity index (χ3v) is 4.78. The van der Waals surface area contributed by atoms with Gasteiger partial charge in [-0.15, -0.1) is 0 Å². The Balaban J connectivity index is 2.89. The normalized spacial score (nSPS) is 14.8. The molecule has 0 bridgehead atoms. The standard InChI is InChI=1S/C21H35NO/c1-15(2)11-16(3)18-9-8-10-19(12-18)21(5,6)13-17(4)20(23)14-22-7/h8-10,12,15-17,22H,11,13-14H2,1-7H3. The van der Waals surface area contributed by atoms with Gasteiger partial charge in [0.1, 0.15) is 5.78 Å². The van der Waals surface area contributed by atoms with Crippen LogP contribution in [0.25, 0.3) is 0 Å². The van der Waals surface area contributed by atoms with Gasteiger partial charge in [0.25, 0.3) is 0 Å². The van der Waals surface area contributed by atoms with E-state index in [1.54, 1.807) is 0 Å². The van der Waals surface area contributed by atoms with Crippen molar-refractivity contribution in [3.63, 3.8) is 0 Å². The van der Waals surface area contributed by atoms with Crippen LogP contribution in [0.3, 0.4) is 0 Å². The first-order chi connectivity index (χ1) is 10.7. The fourth-order valence-electron chi connectivity index (χ4n) is 3.45. The summed E-state index contributed by atoms with van der Waals surface area (Å²) in [4.78, 5) is 12.1. The summed E-state index contributed by atoms with van der Waals surface area (Å²) in [5, 5.41) is 2.97. The van der Waals surface area contributed by atoms with Crippen molar-refractivity contribution >= 4 is 5.78 Å². The van der Waals surface area contributed by atoms with Crippen molar-refractivity contribution in [1.82, 2.24) is 5.32 Å². The molecule has 1 aromatic carbocycles. The highest BCUT2D eigenvalue weighted by atomic mass is 16.1. The van der Waals surface area contributed by atoms with Gasteiger partial charge in [0, 0.05) is 5.92 Å². The number of carbonyl (C=O) groups excluding carboxylic acids is 1. The number of hydrogen-bond donors (Lipinski definition) is 1. The molecular weight excluding hydrogens is 282 g/mol. The summed E-state index contributed by atoms with van der Waals surface area (Å²) < 4.78 is 0. The number of likely N-dealkylation sites (N-methyl/N-ethyl adjacent to an activating group) is 1. The van der Waals surface area contributed by atoms with E-state index >= 15 is 0 Å². The van der Waals surface area contributed by atoms with Crippen LogP contribution in [0.1, 0.15) is 71.4 Å². The van der Waals surface area contributed by atoms with Crippen molar-refractivity contribution in [3.8, 4) is 0 Å². The molecule has 0 aliphatic carbocycles. The number of carbonyl (C=O) groups is 1. The minimum absolute atomic E-state index is 0.0103. The summed E-state index contributed by atoms with van der Waals surface area (Å²) in [6.45, 7) is 13.9. The maximum atomic E-state index is 12.1. The Bertz CT molecular complexity index is 504. The summed E-state index contributed by atoms with van der Waals surface area (Å²) in [6, 6.07) is 8.97. The minimum atomic E-state index is 0.0103. The lowest BCUT2D eigenvalue weighted by Gasteiger charge is -2.29. The van der Waals surface area contributed by atoms with E-state index in [1.165, 1.54) is 17.5 Å². The maximum Gasteiger partial charge on any atom is 0.149 e. The summed E-state index contributed by atoms with van der Waals surface area (Å²) >= 11 is 0. The van der Waals surface area contributed by atoms with Crippen LogP contribution in [0.4, 0.5) is 0 Å². The first kappa shape index (κ1) is 19.9.